The van der Waals surface area contributed by atoms with E-state index in [1.165, 1.54) is 0 Å². The number of benzene rings is 2. The van der Waals surface area contributed by atoms with Crippen molar-refractivity contribution in [2.45, 2.75) is 17.6 Å². The number of amides is 1. The smallest absolute Gasteiger partial charge is 0.274 e. The van der Waals surface area contributed by atoms with Crippen LogP contribution in [0.5, 0.6) is 0 Å². The molecule has 4 aromatic rings. The molecule has 0 radical (unpaired) electrons. The van der Waals surface area contributed by atoms with E-state index in [0.717, 1.165) is 11.3 Å². The number of H-pyrrole nitrogens is 1. The van der Waals surface area contributed by atoms with Crippen LogP contribution in [0, 0.1) is 6.92 Å². The molecule has 2 aliphatic rings. The third kappa shape index (κ3) is 3.73. The van der Waals surface area contributed by atoms with Crippen molar-refractivity contribution in [2.24, 2.45) is 0 Å². The molecule has 35 heavy (non-hydrogen) atoms. The van der Waals surface area contributed by atoms with Crippen molar-refractivity contribution in [3.63, 3.8) is 0 Å². The summed E-state index contributed by atoms with van der Waals surface area (Å²) in [5, 5.41) is 11.9. The summed E-state index contributed by atoms with van der Waals surface area (Å²) in [5.41, 5.74) is 3.63. The van der Waals surface area contributed by atoms with Gasteiger partial charge in [0.2, 0.25) is 0 Å². The fourth-order valence-electron chi connectivity index (χ4n) is 4.61. The number of morpholine rings is 1. The van der Waals surface area contributed by atoms with Gasteiger partial charge in [-0.2, -0.15) is 20.8 Å². The lowest BCUT2D eigenvalue weighted by Crippen LogP contribution is -2.41. The topological polar surface area (TPSA) is 129 Å². The van der Waals surface area contributed by atoms with Gasteiger partial charge in [-0.25, -0.2) is 9.67 Å². The highest BCUT2D eigenvalue weighted by Gasteiger charge is 2.37. The van der Waals surface area contributed by atoms with Gasteiger partial charge in [0.25, 0.3) is 5.91 Å². The third-order valence-electron chi connectivity index (χ3n) is 6.27. The Morgan fingerprint density at radius 3 is 2.69 bits per heavy atom. The summed E-state index contributed by atoms with van der Waals surface area (Å²) in [6.45, 7) is 3.69. The fraction of sp³-hybridized carbons (Fsp3) is 0.250. The number of nitrogens with one attached hydrogen (secondary N) is 1. The minimum absolute atomic E-state index is 0.0649. The van der Waals surface area contributed by atoms with Gasteiger partial charge in [-0.3, -0.25) is 19.0 Å². The molecule has 0 spiro atoms. The van der Waals surface area contributed by atoms with E-state index in [2.05, 4.69) is 15.2 Å². The van der Waals surface area contributed by atoms with E-state index < -0.39 is 10.6 Å². The predicted octanol–water partition coefficient (Wildman–Crippen LogP) is 3.73. The number of aromatic nitrogens is 5. The van der Waals surface area contributed by atoms with Crippen LogP contribution in [0.3, 0.4) is 0 Å². The van der Waals surface area contributed by atoms with E-state index in [4.69, 9.17) is 9.84 Å². The van der Waals surface area contributed by atoms with E-state index in [1.54, 1.807) is 21.7 Å². The number of aromatic amines is 1. The molecule has 2 aliphatic heterocycles. The summed E-state index contributed by atoms with van der Waals surface area (Å²) in [6, 6.07) is 14.8. The van der Waals surface area contributed by atoms with Crippen molar-refractivity contribution in [3.05, 3.63) is 65.6 Å². The fourth-order valence-corrected chi connectivity index (χ4v) is 6.26. The number of rotatable bonds is 3. The largest absolute Gasteiger partial charge is 0.378 e. The summed E-state index contributed by atoms with van der Waals surface area (Å²) >= 11 is 0. The standard InChI is InChI=1S/C24H24N6O4S/c1-15-25-23(27-26-15)16-5-4-6-17(13-16)30-22-18-7-2-3-8-20(18)35(32,33)14-19(22)21(28-30)24(31)29-9-11-34-12-10-29/h2-8,13,32-33H,9-12,14H2,1H3,(H,25,26,27). The van der Waals surface area contributed by atoms with Crippen LogP contribution < -0.4 is 0 Å². The Kier molecular flexibility index (Phi) is 5.22. The molecule has 2 aromatic carbocycles. The molecule has 180 valence electrons. The molecule has 0 aliphatic carbocycles. The summed E-state index contributed by atoms with van der Waals surface area (Å²) in [6.07, 6.45) is 0. The van der Waals surface area contributed by atoms with E-state index in [1.807, 2.05) is 43.3 Å². The Bertz CT molecular complexity index is 1440. The van der Waals surface area contributed by atoms with Gasteiger partial charge in [0.05, 0.1) is 35.2 Å². The number of carbonyl (C=O) groups excluding carboxylic acids is 1. The van der Waals surface area contributed by atoms with E-state index >= 15 is 0 Å². The van der Waals surface area contributed by atoms with Crippen molar-refractivity contribution in [1.82, 2.24) is 29.9 Å². The Morgan fingerprint density at radius 2 is 1.91 bits per heavy atom. The Balaban J connectivity index is 1.55. The van der Waals surface area contributed by atoms with E-state index in [-0.39, 0.29) is 17.4 Å². The second kappa shape index (κ2) is 8.31. The zero-order valence-electron chi connectivity index (χ0n) is 19.0. The maximum absolute atomic E-state index is 13.5. The lowest BCUT2D eigenvalue weighted by Gasteiger charge is -2.38. The van der Waals surface area contributed by atoms with Gasteiger partial charge in [-0.1, -0.05) is 30.3 Å². The number of carbonyl (C=O) groups is 1. The number of nitrogens with zero attached hydrogens (tertiary/aromatic N) is 5. The normalized spacial score (nSPS) is 17.5. The minimum Gasteiger partial charge on any atom is -0.378 e. The molecule has 6 rings (SSSR count). The molecule has 1 amide bonds. The van der Waals surface area contributed by atoms with Crippen molar-refractivity contribution >= 4 is 16.5 Å². The van der Waals surface area contributed by atoms with Crippen molar-refractivity contribution in [3.8, 4) is 28.3 Å². The molecule has 4 heterocycles. The first kappa shape index (κ1) is 22.0. The van der Waals surface area contributed by atoms with Gasteiger partial charge in [0, 0.05) is 29.8 Å². The quantitative estimate of drug-likeness (QED) is 0.397. The van der Waals surface area contributed by atoms with Crippen LogP contribution in [0.25, 0.3) is 28.3 Å². The number of aryl methyl sites for hydroxylation is 1. The van der Waals surface area contributed by atoms with Gasteiger partial charge < -0.3 is 9.64 Å². The summed E-state index contributed by atoms with van der Waals surface area (Å²) in [4.78, 5) is 20.1. The van der Waals surface area contributed by atoms with Gasteiger partial charge in [0.1, 0.15) is 5.82 Å². The molecular formula is C24H24N6O4S. The predicted molar refractivity (Wildman–Crippen MR) is 131 cm³/mol. The van der Waals surface area contributed by atoms with Crippen molar-refractivity contribution in [2.75, 3.05) is 26.3 Å². The van der Waals surface area contributed by atoms with Crippen LogP contribution in [0.1, 0.15) is 21.9 Å². The molecule has 11 heteroatoms. The lowest BCUT2D eigenvalue weighted by molar-refractivity contribution is 0.0298. The Morgan fingerprint density at radius 1 is 1.11 bits per heavy atom. The molecule has 0 atom stereocenters. The molecule has 1 fully saturated rings. The van der Waals surface area contributed by atoms with Crippen LogP contribution in [0.2, 0.25) is 0 Å². The lowest BCUT2D eigenvalue weighted by atomic mass is 10.0. The molecule has 0 bridgehead atoms. The van der Waals surface area contributed by atoms with E-state index in [0.29, 0.717) is 59.7 Å². The van der Waals surface area contributed by atoms with Crippen molar-refractivity contribution in [1.29, 1.82) is 0 Å². The first-order valence-corrected chi connectivity index (χ1v) is 13.0. The summed E-state index contributed by atoms with van der Waals surface area (Å²) < 4.78 is 29.1. The van der Waals surface area contributed by atoms with Gasteiger partial charge in [-0.15, -0.1) is 0 Å². The molecule has 2 aromatic heterocycles. The highest BCUT2D eigenvalue weighted by Crippen LogP contribution is 2.59. The summed E-state index contributed by atoms with van der Waals surface area (Å²) in [5.74, 6) is 0.965. The van der Waals surface area contributed by atoms with Crippen LogP contribution in [0.15, 0.2) is 53.4 Å². The number of hydrogen-bond donors (Lipinski definition) is 3. The van der Waals surface area contributed by atoms with Gasteiger partial charge in [-0.05, 0) is 25.1 Å². The Labute approximate surface area is 202 Å². The van der Waals surface area contributed by atoms with Crippen LogP contribution in [-0.2, 0) is 10.5 Å². The average molecular weight is 493 g/mol. The van der Waals surface area contributed by atoms with Crippen LogP contribution in [-0.4, -0.2) is 71.2 Å². The number of fused-ring (bicyclic) bond motifs is 3. The molecule has 3 N–H and O–H groups in total. The van der Waals surface area contributed by atoms with Crippen LogP contribution in [0.4, 0.5) is 0 Å². The average Bonchev–Trinajstić information content (AvgIpc) is 3.48. The minimum atomic E-state index is -3.13. The Hall–Kier alpha value is -3.51. The maximum atomic E-state index is 13.5. The highest BCUT2D eigenvalue weighted by atomic mass is 32.3. The zero-order chi connectivity index (χ0) is 24.2. The second-order valence-electron chi connectivity index (χ2n) is 8.59. The van der Waals surface area contributed by atoms with Gasteiger partial charge >= 0.3 is 0 Å². The first-order valence-electron chi connectivity index (χ1n) is 11.3. The van der Waals surface area contributed by atoms with E-state index in [9.17, 15) is 13.9 Å². The van der Waals surface area contributed by atoms with Gasteiger partial charge in [0.15, 0.2) is 11.5 Å². The molecule has 10 nitrogen and oxygen atoms in total. The monoisotopic (exact) mass is 492 g/mol. The highest BCUT2D eigenvalue weighted by molar-refractivity contribution is 8.23. The summed E-state index contributed by atoms with van der Waals surface area (Å²) in [7, 11) is -3.13. The first-order chi connectivity index (χ1) is 16.9. The number of hydrogen-bond acceptors (Lipinski definition) is 7. The second-order valence-corrected chi connectivity index (χ2v) is 10.7. The van der Waals surface area contributed by atoms with Crippen molar-refractivity contribution < 1.29 is 18.6 Å². The molecule has 0 saturated carbocycles. The zero-order valence-corrected chi connectivity index (χ0v) is 19.8. The van der Waals surface area contributed by atoms with Crippen LogP contribution >= 0.6 is 10.6 Å². The maximum Gasteiger partial charge on any atom is 0.274 e. The SMILES string of the molecule is Cc1nc(-c2cccc(-n3nc(C(=O)N4CCOCC4)c4c3-c3ccccc3S(O)(O)C4)c2)n[nH]1. The molecular weight excluding hydrogens is 468 g/mol. The molecule has 1 saturated heterocycles. The number of ether oxygens (including phenoxy) is 1. The molecule has 0 unspecified atom stereocenters. The third-order valence-corrected chi connectivity index (χ3v) is 8.02.